The van der Waals surface area contributed by atoms with E-state index >= 15 is 0 Å². The Balaban J connectivity index is 2.23. The van der Waals surface area contributed by atoms with E-state index < -0.39 is 0 Å². The maximum absolute atomic E-state index is 13.6. The van der Waals surface area contributed by atoms with Crippen LogP contribution in [0.15, 0.2) is 34.4 Å². The minimum Gasteiger partial charge on any atom is -0.271 e. The molecule has 6 heteroatoms. The Morgan fingerprint density at radius 3 is 2.94 bits per heavy atom. The number of nitrogens with two attached hydrogens (primary N) is 1. The normalized spacial score (nSPS) is 12.6. The van der Waals surface area contributed by atoms with Crippen molar-refractivity contribution in [3.05, 3.63) is 50.6 Å². The van der Waals surface area contributed by atoms with E-state index in [0.717, 1.165) is 9.35 Å². The quantitative estimate of drug-likeness (QED) is 0.674. The first kappa shape index (κ1) is 12.6. The average molecular weight is 316 g/mol. The van der Waals surface area contributed by atoms with E-state index in [9.17, 15) is 4.39 Å². The van der Waals surface area contributed by atoms with Crippen LogP contribution in [-0.2, 0) is 6.42 Å². The summed E-state index contributed by atoms with van der Waals surface area (Å²) in [5.74, 6) is 5.15. The van der Waals surface area contributed by atoms with Crippen LogP contribution in [0.4, 0.5) is 4.39 Å². The predicted octanol–water partition coefficient (Wildman–Crippen LogP) is 2.79. The molecule has 17 heavy (non-hydrogen) atoms. The molecule has 0 aliphatic heterocycles. The Bertz CT molecular complexity index is 503. The highest BCUT2D eigenvalue weighted by atomic mass is 79.9. The Hall–Kier alpha value is -0.820. The van der Waals surface area contributed by atoms with Gasteiger partial charge in [0.05, 0.1) is 12.2 Å². The van der Waals surface area contributed by atoms with Crippen molar-refractivity contribution in [3.63, 3.8) is 0 Å². The summed E-state index contributed by atoms with van der Waals surface area (Å²) in [6.07, 6.45) is 3.39. The Labute approximate surface area is 111 Å². The summed E-state index contributed by atoms with van der Waals surface area (Å²) >= 11 is 5.06. The van der Waals surface area contributed by atoms with E-state index in [1.54, 1.807) is 23.6 Å². The van der Waals surface area contributed by atoms with Gasteiger partial charge in [-0.2, -0.15) is 0 Å². The molecule has 0 saturated carbocycles. The molecule has 2 heterocycles. The lowest BCUT2D eigenvalue weighted by atomic mass is 10.0. The molecule has 90 valence electrons. The summed E-state index contributed by atoms with van der Waals surface area (Å²) in [4.78, 5) is 4.85. The van der Waals surface area contributed by atoms with Crippen LogP contribution in [0, 0.1) is 5.82 Å². The Kier molecular flexibility index (Phi) is 4.22. The summed E-state index contributed by atoms with van der Waals surface area (Å²) in [6.45, 7) is 0. The smallest absolute Gasteiger partial charge is 0.146 e. The molecule has 0 amide bonds. The fraction of sp³-hybridized carbons (Fsp3) is 0.182. The van der Waals surface area contributed by atoms with Gasteiger partial charge in [-0.05, 0) is 33.4 Å². The van der Waals surface area contributed by atoms with Crippen LogP contribution in [0.25, 0.3) is 0 Å². The zero-order valence-corrected chi connectivity index (χ0v) is 11.3. The van der Waals surface area contributed by atoms with E-state index in [1.807, 2.05) is 11.4 Å². The molecule has 0 saturated heterocycles. The van der Waals surface area contributed by atoms with Crippen LogP contribution in [0.2, 0.25) is 0 Å². The van der Waals surface area contributed by atoms with E-state index in [1.165, 1.54) is 6.20 Å². The van der Waals surface area contributed by atoms with Gasteiger partial charge in [0.1, 0.15) is 5.82 Å². The van der Waals surface area contributed by atoms with Gasteiger partial charge in [0.2, 0.25) is 0 Å². The highest BCUT2D eigenvalue weighted by Gasteiger charge is 2.16. The van der Waals surface area contributed by atoms with Crippen LogP contribution in [-0.4, -0.2) is 4.98 Å². The predicted molar refractivity (Wildman–Crippen MR) is 70.0 cm³/mol. The third-order valence-corrected chi connectivity index (χ3v) is 4.41. The number of hydrogen-bond acceptors (Lipinski definition) is 4. The molecular formula is C11H11BrFN3S. The van der Waals surface area contributed by atoms with E-state index in [0.29, 0.717) is 12.0 Å². The molecule has 1 atom stereocenters. The van der Waals surface area contributed by atoms with Crippen molar-refractivity contribution >= 4 is 27.3 Å². The Morgan fingerprint density at radius 1 is 1.53 bits per heavy atom. The molecule has 0 aliphatic carbocycles. The highest BCUT2D eigenvalue weighted by Crippen LogP contribution is 2.28. The van der Waals surface area contributed by atoms with Crippen LogP contribution in [0.5, 0.6) is 0 Å². The molecular weight excluding hydrogens is 305 g/mol. The standard InChI is InChI=1S/C11H11BrFN3S/c12-8-2-4-17-11(8)5-10(16-14)7-1-3-15-6-9(7)13/h1-4,6,10,16H,5,14H2. The third kappa shape index (κ3) is 2.90. The molecule has 0 radical (unpaired) electrons. The number of nitrogens with zero attached hydrogens (tertiary/aromatic N) is 1. The van der Waals surface area contributed by atoms with E-state index in [-0.39, 0.29) is 11.9 Å². The number of hydrazine groups is 1. The minimum absolute atomic E-state index is 0.257. The van der Waals surface area contributed by atoms with Crippen molar-refractivity contribution in [1.82, 2.24) is 10.4 Å². The van der Waals surface area contributed by atoms with Gasteiger partial charge in [0.25, 0.3) is 0 Å². The van der Waals surface area contributed by atoms with Gasteiger partial charge in [-0.15, -0.1) is 11.3 Å². The van der Waals surface area contributed by atoms with Gasteiger partial charge in [0, 0.05) is 27.5 Å². The van der Waals surface area contributed by atoms with E-state index in [4.69, 9.17) is 5.84 Å². The number of thiophene rings is 1. The Morgan fingerprint density at radius 2 is 2.35 bits per heavy atom. The monoisotopic (exact) mass is 315 g/mol. The molecule has 2 aromatic heterocycles. The van der Waals surface area contributed by atoms with Gasteiger partial charge >= 0.3 is 0 Å². The minimum atomic E-state index is -0.344. The van der Waals surface area contributed by atoms with Crippen molar-refractivity contribution in [3.8, 4) is 0 Å². The lowest BCUT2D eigenvalue weighted by Gasteiger charge is -2.16. The SMILES string of the molecule is NNC(Cc1sccc1Br)c1ccncc1F. The number of nitrogens with one attached hydrogen (secondary N) is 1. The molecule has 0 aliphatic rings. The molecule has 0 bridgehead atoms. The fourth-order valence-electron chi connectivity index (χ4n) is 1.58. The number of rotatable bonds is 4. The molecule has 2 aromatic rings. The van der Waals surface area contributed by atoms with Crippen LogP contribution in [0.1, 0.15) is 16.5 Å². The topological polar surface area (TPSA) is 50.9 Å². The van der Waals surface area contributed by atoms with Crippen molar-refractivity contribution in [2.45, 2.75) is 12.5 Å². The first-order valence-corrected chi connectivity index (χ1v) is 6.67. The van der Waals surface area contributed by atoms with E-state index in [2.05, 4.69) is 26.3 Å². The summed E-state index contributed by atoms with van der Waals surface area (Å²) in [6, 6.07) is 3.35. The van der Waals surface area contributed by atoms with Crippen molar-refractivity contribution in [2.24, 2.45) is 5.84 Å². The van der Waals surface area contributed by atoms with Gasteiger partial charge in [-0.25, -0.2) is 4.39 Å². The van der Waals surface area contributed by atoms with Crippen LogP contribution in [0.3, 0.4) is 0 Å². The zero-order chi connectivity index (χ0) is 12.3. The molecule has 3 N–H and O–H groups in total. The summed E-state index contributed by atoms with van der Waals surface area (Å²) in [7, 11) is 0. The summed E-state index contributed by atoms with van der Waals surface area (Å²) in [5, 5.41) is 1.98. The fourth-order valence-corrected chi connectivity index (χ4v) is 3.14. The number of halogens is 2. The highest BCUT2D eigenvalue weighted by molar-refractivity contribution is 9.10. The summed E-state index contributed by atoms with van der Waals surface area (Å²) in [5.41, 5.74) is 3.17. The second-order valence-corrected chi connectivity index (χ2v) is 5.37. The first-order chi connectivity index (χ1) is 8.22. The molecule has 0 spiro atoms. The van der Waals surface area contributed by atoms with Crippen molar-refractivity contribution in [2.75, 3.05) is 0 Å². The maximum atomic E-state index is 13.6. The van der Waals surface area contributed by atoms with Gasteiger partial charge in [-0.1, -0.05) is 0 Å². The largest absolute Gasteiger partial charge is 0.271 e. The van der Waals surface area contributed by atoms with Gasteiger partial charge in [-0.3, -0.25) is 16.3 Å². The molecule has 0 fully saturated rings. The lowest BCUT2D eigenvalue weighted by Crippen LogP contribution is -2.30. The van der Waals surface area contributed by atoms with Gasteiger partial charge < -0.3 is 0 Å². The molecule has 1 unspecified atom stereocenters. The average Bonchev–Trinajstić information content (AvgIpc) is 2.73. The van der Waals surface area contributed by atoms with Crippen molar-refractivity contribution < 1.29 is 4.39 Å². The lowest BCUT2D eigenvalue weighted by molar-refractivity contribution is 0.510. The van der Waals surface area contributed by atoms with Crippen molar-refractivity contribution in [1.29, 1.82) is 0 Å². The number of aromatic nitrogens is 1. The van der Waals surface area contributed by atoms with Gasteiger partial charge in [0.15, 0.2) is 0 Å². The molecule has 0 aromatic carbocycles. The first-order valence-electron chi connectivity index (χ1n) is 4.99. The number of pyridine rings is 1. The molecule has 3 nitrogen and oxygen atoms in total. The van der Waals surface area contributed by atoms with Crippen LogP contribution >= 0.6 is 27.3 Å². The van der Waals surface area contributed by atoms with Crippen LogP contribution < -0.4 is 11.3 Å². The second kappa shape index (κ2) is 5.68. The third-order valence-electron chi connectivity index (χ3n) is 2.46. The maximum Gasteiger partial charge on any atom is 0.146 e. The molecule has 2 rings (SSSR count). The zero-order valence-electron chi connectivity index (χ0n) is 8.86. The number of hydrogen-bond donors (Lipinski definition) is 2. The summed E-state index contributed by atoms with van der Waals surface area (Å²) < 4.78 is 14.6. The second-order valence-electron chi connectivity index (χ2n) is 3.51.